The lowest BCUT2D eigenvalue weighted by Gasteiger charge is -2.16. The van der Waals surface area contributed by atoms with Gasteiger partial charge >= 0.3 is 5.97 Å². The third kappa shape index (κ3) is 4.71. The Labute approximate surface area is 121 Å². The van der Waals surface area contributed by atoms with E-state index >= 15 is 0 Å². The van der Waals surface area contributed by atoms with Crippen LogP contribution in [0.4, 0.5) is 0 Å². The highest BCUT2D eigenvalue weighted by atomic mass is 79.9. The minimum atomic E-state index is -0.138. The molecule has 0 spiro atoms. The van der Waals surface area contributed by atoms with Gasteiger partial charge in [-0.05, 0) is 53.7 Å². The monoisotopic (exact) mass is 333 g/mol. The SMILES string of the molecule is CCOC(=O)CC(C)CC(N)c1cc(Br)sc1C. The predicted octanol–water partition coefficient (Wildman–Crippen LogP) is 3.80. The summed E-state index contributed by atoms with van der Waals surface area (Å²) in [5.74, 6) is 0.0950. The van der Waals surface area contributed by atoms with Crippen molar-refractivity contribution in [3.05, 3.63) is 20.3 Å². The van der Waals surface area contributed by atoms with E-state index in [0.717, 1.165) is 10.2 Å². The number of aryl methyl sites for hydroxylation is 1. The number of nitrogens with two attached hydrogens (primary N) is 1. The third-order valence-electron chi connectivity index (χ3n) is 2.80. The number of hydrogen-bond donors (Lipinski definition) is 1. The Morgan fingerprint density at radius 2 is 2.28 bits per heavy atom. The molecule has 2 unspecified atom stereocenters. The molecule has 1 aromatic rings. The highest BCUT2D eigenvalue weighted by Gasteiger charge is 2.17. The summed E-state index contributed by atoms with van der Waals surface area (Å²) in [5.41, 5.74) is 7.36. The largest absolute Gasteiger partial charge is 0.466 e. The van der Waals surface area contributed by atoms with Gasteiger partial charge in [0.1, 0.15) is 0 Å². The van der Waals surface area contributed by atoms with Gasteiger partial charge in [0, 0.05) is 17.3 Å². The Bertz CT molecular complexity index is 406. The van der Waals surface area contributed by atoms with Gasteiger partial charge in [-0.2, -0.15) is 0 Å². The quantitative estimate of drug-likeness (QED) is 0.805. The molecule has 102 valence electrons. The summed E-state index contributed by atoms with van der Waals surface area (Å²) in [6, 6.07) is 2.05. The second-order valence-corrected chi connectivity index (χ2v) is 7.15. The van der Waals surface area contributed by atoms with Crippen molar-refractivity contribution in [2.24, 2.45) is 11.7 Å². The highest BCUT2D eigenvalue weighted by Crippen LogP contribution is 2.32. The van der Waals surface area contributed by atoms with Crippen LogP contribution in [0.25, 0.3) is 0 Å². The molecular weight excluding hydrogens is 314 g/mol. The van der Waals surface area contributed by atoms with E-state index in [1.54, 1.807) is 11.3 Å². The molecule has 0 aliphatic heterocycles. The molecule has 3 nitrogen and oxygen atoms in total. The summed E-state index contributed by atoms with van der Waals surface area (Å²) >= 11 is 5.16. The standard InChI is InChI=1S/C13H20BrNO2S/c1-4-17-13(16)6-8(2)5-11(15)10-7-12(14)18-9(10)3/h7-8,11H,4-6,15H2,1-3H3. The first-order chi connectivity index (χ1) is 8.43. The number of carbonyl (C=O) groups excluding carboxylic acids is 1. The van der Waals surface area contributed by atoms with Crippen molar-refractivity contribution in [1.82, 2.24) is 0 Å². The van der Waals surface area contributed by atoms with Gasteiger partial charge in [-0.1, -0.05) is 6.92 Å². The average molecular weight is 334 g/mol. The molecule has 1 heterocycles. The summed E-state index contributed by atoms with van der Waals surface area (Å²) in [4.78, 5) is 12.6. The van der Waals surface area contributed by atoms with Crippen LogP contribution < -0.4 is 5.73 Å². The van der Waals surface area contributed by atoms with Gasteiger partial charge in [0.15, 0.2) is 0 Å². The van der Waals surface area contributed by atoms with Gasteiger partial charge in [0.25, 0.3) is 0 Å². The first kappa shape index (κ1) is 15.7. The van der Waals surface area contributed by atoms with Gasteiger partial charge in [-0.15, -0.1) is 11.3 Å². The zero-order valence-corrected chi connectivity index (χ0v) is 13.4. The molecule has 0 saturated carbocycles. The number of rotatable bonds is 6. The lowest BCUT2D eigenvalue weighted by atomic mass is 9.95. The lowest BCUT2D eigenvalue weighted by molar-refractivity contribution is -0.144. The molecule has 2 atom stereocenters. The topological polar surface area (TPSA) is 52.3 Å². The van der Waals surface area contributed by atoms with Crippen molar-refractivity contribution >= 4 is 33.2 Å². The fraction of sp³-hybridized carbons (Fsp3) is 0.615. The summed E-state index contributed by atoms with van der Waals surface area (Å²) in [6.07, 6.45) is 1.23. The number of hydrogen-bond acceptors (Lipinski definition) is 4. The maximum atomic E-state index is 11.4. The normalized spacial score (nSPS) is 14.3. The molecule has 5 heteroatoms. The van der Waals surface area contributed by atoms with E-state index in [2.05, 4.69) is 28.9 Å². The van der Waals surface area contributed by atoms with E-state index in [-0.39, 0.29) is 17.9 Å². The summed E-state index contributed by atoms with van der Waals surface area (Å²) < 4.78 is 6.04. The van der Waals surface area contributed by atoms with Crippen LogP contribution in [0.3, 0.4) is 0 Å². The molecule has 1 aromatic heterocycles. The maximum absolute atomic E-state index is 11.4. The minimum Gasteiger partial charge on any atom is -0.466 e. The highest BCUT2D eigenvalue weighted by molar-refractivity contribution is 9.11. The van der Waals surface area contributed by atoms with Crippen LogP contribution in [-0.2, 0) is 9.53 Å². The molecule has 0 fully saturated rings. The molecule has 0 amide bonds. The zero-order chi connectivity index (χ0) is 13.7. The van der Waals surface area contributed by atoms with E-state index in [1.165, 1.54) is 10.4 Å². The van der Waals surface area contributed by atoms with Gasteiger partial charge < -0.3 is 10.5 Å². The molecule has 0 aromatic carbocycles. The number of carbonyl (C=O) groups is 1. The molecule has 1 rings (SSSR count). The molecule has 18 heavy (non-hydrogen) atoms. The Morgan fingerprint density at radius 1 is 1.61 bits per heavy atom. The molecule has 2 N–H and O–H groups in total. The van der Waals surface area contributed by atoms with E-state index < -0.39 is 0 Å². The summed E-state index contributed by atoms with van der Waals surface area (Å²) in [7, 11) is 0. The molecule has 0 radical (unpaired) electrons. The number of esters is 1. The van der Waals surface area contributed by atoms with Gasteiger partial charge in [0.05, 0.1) is 10.4 Å². The lowest BCUT2D eigenvalue weighted by Crippen LogP contribution is -2.17. The van der Waals surface area contributed by atoms with Crippen molar-refractivity contribution in [2.45, 2.75) is 39.7 Å². The molecular formula is C13H20BrNO2S. The van der Waals surface area contributed by atoms with Gasteiger partial charge in [-0.25, -0.2) is 0 Å². The number of thiophene rings is 1. The smallest absolute Gasteiger partial charge is 0.306 e. The Balaban J connectivity index is 2.51. The van der Waals surface area contributed by atoms with Crippen molar-refractivity contribution in [2.75, 3.05) is 6.61 Å². The van der Waals surface area contributed by atoms with Crippen LogP contribution in [0.5, 0.6) is 0 Å². The predicted molar refractivity (Wildman–Crippen MR) is 78.7 cm³/mol. The molecule has 0 aliphatic rings. The van der Waals surface area contributed by atoms with E-state index in [9.17, 15) is 4.79 Å². The third-order valence-corrected chi connectivity index (χ3v) is 4.37. The van der Waals surface area contributed by atoms with Crippen LogP contribution in [0, 0.1) is 12.8 Å². The van der Waals surface area contributed by atoms with Crippen LogP contribution in [0.2, 0.25) is 0 Å². The van der Waals surface area contributed by atoms with Crippen LogP contribution in [0.1, 0.15) is 43.2 Å². The molecule has 0 saturated heterocycles. The van der Waals surface area contributed by atoms with Crippen LogP contribution in [-0.4, -0.2) is 12.6 Å². The Kier molecular flexibility index (Phi) is 6.32. The first-order valence-electron chi connectivity index (χ1n) is 6.11. The fourth-order valence-electron chi connectivity index (χ4n) is 1.97. The van der Waals surface area contributed by atoms with Gasteiger partial charge in [0.2, 0.25) is 0 Å². The van der Waals surface area contributed by atoms with E-state index in [0.29, 0.717) is 13.0 Å². The second-order valence-electron chi connectivity index (χ2n) is 4.52. The van der Waals surface area contributed by atoms with Crippen LogP contribution in [0.15, 0.2) is 9.85 Å². The fourth-order valence-corrected chi connectivity index (χ4v) is 3.76. The Hall–Kier alpha value is -0.390. The van der Waals surface area contributed by atoms with Crippen molar-refractivity contribution in [3.8, 4) is 0 Å². The maximum Gasteiger partial charge on any atom is 0.306 e. The van der Waals surface area contributed by atoms with Crippen LogP contribution >= 0.6 is 27.3 Å². The zero-order valence-electron chi connectivity index (χ0n) is 11.0. The van der Waals surface area contributed by atoms with Gasteiger partial charge in [-0.3, -0.25) is 4.79 Å². The van der Waals surface area contributed by atoms with E-state index in [1.807, 2.05) is 13.8 Å². The number of ether oxygens (including phenoxy) is 1. The Morgan fingerprint density at radius 3 is 2.78 bits per heavy atom. The molecule has 0 aliphatic carbocycles. The van der Waals surface area contributed by atoms with Crippen molar-refractivity contribution in [1.29, 1.82) is 0 Å². The molecule has 0 bridgehead atoms. The summed E-state index contributed by atoms with van der Waals surface area (Å²) in [6.45, 7) is 6.36. The number of halogens is 1. The van der Waals surface area contributed by atoms with Crippen molar-refractivity contribution in [3.63, 3.8) is 0 Å². The minimum absolute atomic E-state index is 0.0167. The average Bonchev–Trinajstić information content (AvgIpc) is 2.57. The first-order valence-corrected chi connectivity index (χ1v) is 7.72. The second kappa shape index (κ2) is 7.26. The summed E-state index contributed by atoms with van der Waals surface area (Å²) in [5, 5.41) is 0. The van der Waals surface area contributed by atoms with Crippen molar-refractivity contribution < 1.29 is 9.53 Å². The van der Waals surface area contributed by atoms with E-state index in [4.69, 9.17) is 10.5 Å².